The third kappa shape index (κ3) is 3.53. The Morgan fingerprint density at radius 2 is 1.90 bits per heavy atom. The van der Waals surface area contributed by atoms with Crippen LogP contribution in [0.25, 0.3) is 22.0 Å². The van der Waals surface area contributed by atoms with Gasteiger partial charge in [-0.15, -0.1) is 0 Å². The first-order chi connectivity index (χ1) is 14.1. The minimum Gasteiger partial charge on any atom is -0.352 e. The summed E-state index contributed by atoms with van der Waals surface area (Å²) in [5.74, 6) is 0.743. The van der Waals surface area contributed by atoms with Crippen LogP contribution in [0.4, 0.5) is 5.82 Å². The fourth-order valence-corrected chi connectivity index (χ4v) is 3.87. The molecule has 0 aliphatic carbocycles. The van der Waals surface area contributed by atoms with Crippen molar-refractivity contribution in [3.63, 3.8) is 0 Å². The van der Waals surface area contributed by atoms with Gasteiger partial charge in [-0.1, -0.05) is 36.4 Å². The summed E-state index contributed by atoms with van der Waals surface area (Å²) in [6.45, 7) is 6.09. The summed E-state index contributed by atoms with van der Waals surface area (Å²) >= 11 is 6.54. The predicted molar refractivity (Wildman–Crippen MR) is 114 cm³/mol. The minimum atomic E-state index is -0.0561. The topological polar surface area (TPSA) is 73.1 Å². The molecule has 2 heterocycles. The van der Waals surface area contributed by atoms with Crippen LogP contribution >= 0.6 is 11.6 Å². The number of anilines is 1. The van der Waals surface area contributed by atoms with Gasteiger partial charge in [0, 0.05) is 42.7 Å². The average Bonchev–Trinajstić information content (AvgIpc) is 2.77. The molecule has 1 saturated heterocycles. The van der Waals surface area contributed by atoms with Gasteiger partial charge >= 0.3 is 0 Å². The fraction of sp³-hybridized carbons (Fsp3) is 0.182. The molecule has 1 aliphatic heterocycles. The Morgan fingerprint density at radius 3 is 2.62 bits per heavy atom. The highest BCUT2D eigenvalue weighted by molar-refractivity contribution is 6.34. The van der Waals surface area contributed by atoms with E-state index in [1.54, 1.807) is 11.0 Å². The van der Waals surface area contributed by atoms with Crippen LogP contribution in [0, 0.1) is 11.3 Å². The quantitative estimate of drug-likeness (QED) is 0.624. The molecular weight excluding hydrogens is 386 g/mol. The van der Waals surface area contributed by atoms with E-state index < -0.39 is 0 Å². The molecule has 1 aromatic heterocycles. The second kappa shape index (κ2) is 7.90. The van der Waals surface area contributed by atoms with Gasteiger partial charge in [0.15, 0.2) is 0 Å². The van der Waals surface area contributed by atoms with Crippen molar-refractivity contribution in [2.45, 2.75) is 0 Å². The number of hydrogen-bond acceptors (Lipinski definition) is 5. The number of aromatic nitrogens is 2. The van der Waals surface area contributed by atoms with Crippen LogP contribution in [0.1, 0.15) is 5.56 Å². The summed E-state index contributed by atoms with van der Waals surface area (Å²) in [7, 11) is 0. The molecule has 0 saturated carbocycles. The summed E-state index contributed by atoms with van der Waals surface area (Å²) in [5, 5.41) is 10.9. The van der Waals surface area contributed by atoms with Gasteiger partial charge < -0.3 is 9.80 Å². The van der Waals surface area contributed by atoms with E-state index in [9.17, 15) is 10.1 Å². The summed E-state index contributed by atoms with van der Waals surface area (Å²) in [4.78, 5) is 24.6. The summed E-state index contributed by atoms with van der Waals surface area (Å²) in [6.07, 6.45) is 2.87. The maximum absolute atomic E-state index is 11.8. The maximum Gasteiger partial charge on any atom is 0.246 e. The van der Waals surface area contributed by atoms with Crippen molar-refractivity contribution < 1.29 is 4.79 Å². The predicted octanol–water partition coefficient (Wildman–Crippen LogP) is 3.66. The van der Waals surface area contributed by atoms with Crippen molar-refractivity contribution >= 4 is 34.2 Å². The monoisotopic (exact) mass is 403 g/mol. The molecule has 0 N–H and O–H groups in total. The van der Waals surface area contributed by atoms with E-state index in [0.717, 1.165) is 27.8 Å². The Bertz CT molecular complexity index is 1150. The SMILES string of the molecule is C=CC(=O)N1CCN(c2ncnc3cc(Cl)c(-c4ccccc4C#N)cc23)CC1. The average molecular weight is 404 g/mol. The molecule has 6 nitrogen and oxygen atoms in total. The van der Waals surface area contributed by atoms with E-state index in [0.29, 0.717) is 36.8 Å². The van der Waals surface area contributed by atoms with Gasteiger partial charge in [-0.2, -0.15) is 5.26 Å². The summed E-state index contributed by atoms with van der Waals surface area (Å²) in [5.41, 5.74) is 2.84. The van der Waals surface area contributed by atoms with E-state index in [4.69, 9.17) is 11.6 Å². The van der Waals surface area contributed by atoms with Crippen molar-refractivity contribution in [1.82, 2.24) is 14.9 Å². The van der Waals surface area contributed by atoms with Gasteiger partial charge in [0.1, 0.15) is 12.1 Å². The smallest absolute Gasteiger partial charge is 0.246 e. The number of nitrogens with zero attached hydrogens (tertiary/aromatic N) is 5. The van der Waals surface area contributed by atoms with Crippen molar-refractivity contribution in [1.29, 1.82) is 5.26 Å². The third-order valence-electron chi connectivity index (χ3n) is 5.11. The molecule has 0 atom stereocenters. The van der Waals surface area contributed by atoms with Crippen LogP contribution in [0.2, 0.25) is 5.02 Å². The number of piperazine rings is 1. The van der Waals surface area contributed by atoms with Gasteiger partial charge in [-0.25, -0.2) is 9.97 Å². The lowest BCUT2D eigenvalue weighted by atomic mass is 9.98. The van der Waals surface area contributed by atoms with Crippen LogP contribution in [0.15, 0.2) is 55.4 Å². The number of rotatable bonds is 3. The van der Waals surface area contributed by atoms with Crippen LogP contribution in [0.5, 0.6) is 0 Å². The Hall–Kier alpha value is -3.43. The summed E-state index contributed by atoms with van der Waals surface area (Å²) < 4.78 is 0. The highest BCUT2D eigenvalue weighted by atomic mass is 35.5. The molecular formula is C22H18ClN5O. The highest BCUT2D eigenvalue weighted by Gasteiger charge is 2.22. The Balaban J connectivity index is 1.76. The second-order valence-corrected chi connectivity index (χ2v) is 7.13. The minimum absolute atomic E-state index is 0.0561. The van der Waals surface area contributed by atoms with E-state index in [1.807, 2.05) is 30.3 Å². The normalized spacial score (nSPS) is 13.9. The molecule has 1 fully saturated rings. The van der Waals surface area contributed by atoms with Crippen molar-refractivity contribution in [2.24, 2.45) is 0 Å². The first-order valence-electron chi connectivity index (χ1n) is 9.22. The third-order valence-corrected chi connectivity index (χ3v) is 5.42. The Morgan fingerprint density at radius 1 is 1.14 bits per heavy atom. The fourth-order valence-electron chi connectivity index (χ4n) is 3.61. The lowest BCUT2D eigenvalue weighted by Gasteiger charge is -2.35. The Labute approximate surface area is 173 Å². The lowest BCUT2D eigenvalue weighted by molar-refractivity contribution is -0.126. The van der Waals surface area contributed by atoms with Crippen LogP contribution in [0.3, 0.4) is 0 Å². The van der Waals surface area contributed by atoms with E-state index in [-0.39, 0.29) is 5.91 Å². The largest absolute Gasteiger partial charge is 0.352 e. The molecule has 0 spiro atoms. The van der Waals surface area contributed by atoms with Crippen LogP contribution < -0.4 is 4.90 Å². The molecule has 0 bridgehead atoms. The lowest BCUT2D eigenvalue weighted by Crippen LogP contribution is -2.48. The van der Waals surface area contributed by atoms with Gasteiger partial charge in [-0.3, -0.25) is 4.79 Å². The standard InChI is InChI=1S/C22H18ClN5O/c1-2-21(29)27-7-9-28(10-8-27)22-18-11-17(16-6-4-3-5-15(16)13-24)19(23)12-20(18)25-14-26-22/h2-6,11-12,14H,1,7-10H2. The zero-order valence-corrected chi connectivity index (χ0v) is 16.4. The van der Waals surface area contributed by atoms with Crippen molar-refractivity contribution in [2.75, 3.05) is 31.1 Å². The van der Waals surface area contributed by atoms with Crippen molar-refractivity contribution in [3.05, 3.63) is 66.0 Å². The van der Waals surface area contributed by atoms with E-state index in [1.165, 1.54) is 12.4 Å². The first-order valence-corrected chi connectivity index (χ1v) is 9.60. The molecule has 1 aliphatic rings. The molecule has 3 aromatic rings. The molecule has 7 heteroatoms. The molecule has 144 valence electrons. The number of nitriles is 1. The molecule has 0 unspecified atom stereocenters. The van der Waals surface area contributed by atoms with Gasteiger partial charge in [0.2, 0.25) is 5.91 Å². The zero-order valence-electron chi connectivity index (χ0n) is 15.7. The molecule has 29 heavy (non-hydrogen) atoms. The van der Waals surface area contributed by atoms with E-state index >= 15 is 0 Å². The molecule has 2 aromatic carbocycles. The number of hydrogen-bond donors (Lipinski definition) is 0. The number of amides is 1. The molecule has 0 radical (unpaired) electrons. The number of benzene rings is 2. The summed E-state index contributed by atoms with van der Waals surface area (Å²) in [6, 6.07) is 13.3. The number of halogens is 1. The highest BCUT2D eigenvalue weighted by Crippen LogP contribution is 2.36. The van der Waals surface area contributed by atoms with Crippen LogP contribution in [-0.2, 0) is 4.79 Å². The zero-order chi connectivity index (χ0) is 20.4. The van der Waals surface area contributed by atoms with E-state index in [2.05, 4.69) is 27.5 Å². The number of carbonyl (C=O) groups is 1. The number of fused-ring (bicyclic) bond motifs is 1. The van der Waals surface area contributed by atoms with Gasteiger partial charge in [0.25, 0.3) is 0 Å². The van der Waals surface area contributed by atoms with Crippen LogP contribution in [-0.4, -0.2) is 47.0 Å². The molecule has 4 rings (SSSR count). The van der Waals surface area contributed by atoms with Crippen molar-refractivity contribution in [3.8, 4) is 17.2 Å². The second-order valence-electron chi connectivity index (χ2n) is 6.72. The number of carbonyl (C=O) groups excluding carboxylic acids is 1. The first kappa shape index (κ1) is 18.9. The molecule has 1 amide bonds. The maximum atomic E-state index is 11.8. The van der Waals surface area contributed by atoms with Gasteiger partial charge in [0.05, 0.1) is 22.2 Å². The van der Waals surface area contributed by atoms with Gasteiger partial charge in [-0.05, 0) is 24.3 Å². The Kier molecular flexibility index (Phi) is 5.15.